The van der Waals surface area contributed by atoms with Crippen molar-refractivity contribution in [1.29, 1.82) is 0 Å². The van der Waals surface area contributed by atoms with Gasteiger partial charge in [0.15, 0.2) is 5.58 Å². The fraction of sp³-hybridized carbons (Fsp3) is 0.130. The molecule has 0 aliphatic heterocycles. The smallest absolute Gasteiger partial charge is 0.257 e. The zero-order valence-corrected chi connectivity index (χ0v) is 16.5. The molecule has 1 heterocycles. The van der Waals surface area contributed by atoms with Crippen LogP contribution in [0.4, 0.5) is 5.69 Å². The Morgan fingerprint density at radius 3 is 2.61 bits per heavy atom. The van der Waals surface area contributed by atoms with Gasteiger partial charge < -0.3 is 9.73 Å². The Morgan fingerprint density at radius 2 is 1.82 bits per heavy atom. The topological polar surface area (TPSA) is 55.1 Å². The summed E-state index contributed by atoms with van der Waals surface area (Å²) >= 11 is 1.52. The number of aromatic nitrogens is 1. The molecule has 0 radical (unpaired) electrons. The highest BCUT2D eigenvalue weighted by molar-refractivity contribution is 7.98. The summed E-state index contributed by atoms with van der Waals surface area (Å²) in [5.74, 6) is 0.561. The molecular weight excluding hydrogens is 368 g/mol. The van der Waals surface area contributed by atoms with E-state index in [2.05, 4.69) is 10.3 Å². The highest BCUT2D eigenvalue weighted by Crippen LogP contribution is 2.28. The maximum absolute atomic E-state index is 12.5. The first-order valence-electron chi connectivity index (χ1n) is 9.04. The number of thioether (sulfide) groups is 1. The van der Waals surface area contributed by atoms with Crippen molar-refractivity contribution < 1.29 is 9.21 Å². The number of oxazole rings is 1. The second-order valence-corrected chi connectivity index (χ2v) is 7.64. The molecule has 0 fully saturated rings. The van der Waals surface area contributed by atoms with Crippen LogP contribution in [0.3, 0.4) is 0 Å². The molecule has 0 unspecified atom stereocenters. The number of nitrogens with one attached hydrogen (secondary N) is 1. The number of carbonyl (C=O) groups excluding carboxylic acids is 1. The zero-order chi connectivity index (χ0) is 19.5. The van der Waals surface area contributed by atoms with Gasteiger partial charge in [0.1, 0.15) is 5.52 Å². The summed E-state index contributed by atoms with van der Waals surface area (Å²) in [7, 11) is 0. The highest BCUT2D eigenvalue weighted by Gasteiger charge is 2.10. The van der Waals surface area contributed by atoms with Crippen LogP contribution in [0, 0.1) is 13.8 Å². The van der Waals surface area contributed by atoms with E-state index in [9.17, 15) is 4.79 Å². The number of hydrogen-bond donors (Lipinski definition) is 1. The van der Waals surface area contributed by atoms with Crippen LogP contribution in [-0.2, 0) is 5.75 Å². The summed E-state index contributed by atoms with van der Waals surface area (Å²) in [6, 6.07) is 21.3. The molecule has 0 saturated heterocycles. The molecule has 3 aromatic carbocycles. The normalized spacial score (nSPS) is 10.9. The second kappa shape index (κ2) is 7.90. The van der Waals surface area contributed by atoms with Gasteiger partial charge in [0, 0.05) is 17.0 Å². The molecule has 0 aliphatic rings. The number of amides is 1. The van der Waals surface area contributed by atoms with Crippen molar-refractivity contribution in [2.75, 3.05) is 5.32 Å². The van der Waals surface area contributed by atoms with Crippen molar-refractivity contribution in [3.05, 3.63) is 89.0 Å². The molecule has 140 valence electrons. The Labute approximate surface area is 168 Å². The van der Waals surface area contributed by atoms with Crippen molar-refractivity contribution in [3.63, 3.8) is 0 Å². The van der Waals surface area contributed by atoms with Crippen LogP contribution in [0.5, 0.6) is 0 Å². The van der Waals surface area contributed by atoms with E-state index in [0.29, 0.717) is 16.5 Å². The average Bonchev–Trinajstić information content (AvgIpc) is 3.13. The molecule has 28 heavy (non-hydrogen) atoms. The van der Waals surface area contributed by atoms with Gasteiger partial charge in [-0.2, -0.15) is 0 Å². The lowest BCUT2D eigenvalue weighted by Gasteiger charge is -2.07. The van der Waals surface area contributed by atoms with E-state index in [1.165, 1.54) is 11.8 Å². The summed E-state index contributed by atoms with van der Waals surface area (Å²) < 4.78 is 5.81. The average molecular weight is 388 g/mol. The lowest BCUT2D eigenvalue weighted by Crippen LogP contribution is -2.12. The third-order valence-electron chi connectivity index (χ3n) is 4.46. The molecule has 0 spiro atoms. The number of aryl methyl sites for hydroxylation is 2. The van der Waals surface area contributed by atoms with Gasteiger partial charge in [-0.05, 0) is 55.3 Å². The summed E-state index contributed by atoms with van der Waals surface area (Å²) in [4.78, 5) is 17.1. The molecule has 1 amide bonds. The third-order valence-corrected chi connectivity index (χ3v) is 5.36. The van der Waals surface area contributed by atoms with Gasteiger partial charge in [0.25, 0.3) is 11.1 Å². The predicted molar refractivity (Wildman–Crippen MR) is 114 cm³/mol. The van der Waals surface area contributed by atoms with Gasteiger partial charge in [-0.3, -0.25) is 4.79 Å². The number of fused-ring (bicyclic) bond motifs is 1. The molecule has 1 N–H and O–H groups in total. The van der Waals surface area contributed by atoms with Crippen molar-refractivity contribution in [2.24, 2.45) is 0 Å². The van der Waals surface area contributed by atoms with Crippen LogP contribution >= 0.6 is 11.8 Å². The summed E-state index contributed by atoms with van der Waals surface area (Å²) in [6.07, 6.45) is 0. The Hall–Kier alpha value is -3.05. The maximum atomic E-state index is 12.5. The van der Waals surface area contributed by atoms with Gasteiger partial charge in [-0.25, -0.2) is 4.98 Å². The molecule has 4 rings (SSSR count). The van der Waals surface area contributed by atoms with Crippen molar-refractivity contribution >= 4 is 34.5 Å². The van der Waals surface area contributed by atoms with Crippen molar-refractivity contribution in [2.45, 2.75) is 24.8 Å². The Bertz CT molecular complexity index is 1130. The number of nitrogens with zero attached hydrogens (tertiary/aromatic N) is 1. The van der Waals surface area contributed by atoms with E-state index in [1.54, 1.807) is 0 Å². The highest BCUT2D eigenvalue weighted by atomic mass is 32.2. The molecule has 4 aromatic rings. The van der Waals surface area contributed by atoms with E-state index < -0.39 is 0 Å². The minimum atomic E-state index is -0.117. The molecule has 1 aromatic heterocycles. The monoisotopic (exact) mass is 388 g/mol. The van der Waals surface area contributed by atoms with Crippen molar-refractivity contribution in [1.82, 2.24) is 4.98 Å². The van der Waals surface area contributed by atoms with E-state index in [1.807, 2.05) is 80.6 Å². The Morgan fingerprint density at radius 1 is 1.04 bits per heavy atom. The molecule has 0 atom stereocenters. The standard InChI is InChI=1S/C23H20N2O2S/c1-15-9-11-19(12-10-15)24-22(26)18-7-4-6-17(13-18)14-28-23-25-21-16(2)5-3-8-20(21)27-23/h3-13H,14H2,1-2H3,(H,24,26). The van der Waals surface area contributed by atoms with E-state index in [4.69, 9.17) is 4.42 Å². The molecule has 5 heteroatoms. The van der Waals surface area contributed by atoms with Crippen LogP contribution in [0.2, 0.25) is 0 Å². The summed E-state index contributed by atoms with van der Waals surface area (Å²) in [6.45, 7) is 4.04. The minimum absolute atomic E-state index is 0.117. The van der Waals surface area contributed by atoms with Gasteiger partial charge in [-0.1, -0.05) is 53.7 Å². The third kappa shape index (κ3) is 4.10. The Kier molecular flexibility index (Phi) is 5.17. The molecule has 4 nitrogen and oxygen atoms in total. The first kappa shape index (κ1) is 18.3. The first-order valence-corrected chi connectivity index (χ1v) is 10.0. The molecule has 0 saturated carbocycles. The van der Waals surface area contributed by atoms with Crippen LogP contribution in [0.15, 0.2) is 76.4 Å². The number of rotatable bonds is 5. The fourth-order valence-corrected chi connectivity index (χ4v) is 3.69. The predicted octanol–water partition coefficient (Wildman–Crippen LogP) is 5.99. The van der Waals surface area contributed by atoms with Gasteiger partial charge in [0.2, 0.25) is 0 Å². The van der Waals surface area contributed by atoms with Gasteiger partial charge >= 0.3 is 0 Å². The lowest BCUT2D eigenvalue weighted by molar-refractivity contribution is 0.102. The fourth-order valence-electron chi connectivity index (χ4n) is 2.92. The zero-order valence-electron chi connectivity index (χ0n) is 15.7. The van der Waals surface area contributed by atoms with Crippen LogP contribution < -0.4 is 5.32 Å². The minimum Gasteiger partial charge on any atom is -0.431 e. The first-order chi connectivity index (χ1) is 13.6. The van der Waals surface area contributed by atoms with Crippen LogP contribution in [0.1, 0.15) is 27.0 Å². The van der Waals surface area contributed by atoms with Gasteiger partial charge in [-0.15, -0.1) is 0 Å². The van der Waals surface area contributed by atoms with E-state index >= 15 is 0 Å². The quantitative estimate of drug-likeness (QED) is 0.427. The lowest BCUT2D eigenvalue weighted by atomic mass is 10.1. The number of para-hydroxylation sites is 1. The molecular formula is C23H20N2O2S. The largest absolute Gasteiger partial charge is 0.431 e. The molecule has 0 bridgehead atoms. The maximum Gasteiger partial charge on any atom is 0.257 e. The van der Waals surface area contributed by atoms with Gasteiger partial charge in [0.05, 0.1) is 0 Å². The van der Waals surface area contributed by atoms with E-state index in [-0.39, 0.29) is 5.91 Å². The number of hydrogen-bond acceptors (Lipinski definition) is 4. The summed E-state index contributed by atoms with van der Waals surface area (Å²) in [5, 5.41) is 3.57. The molecule has 0 aliphatic carbocycles. The van der Waals surface area contributed by atoms with Crippen molar-refractivity contribution in [3.8, 4) is 0 Å². The van der Waals surface area contributed by atoms with Crippen LogP contribution in [-0.4, -0.2) is 10.9 Å². The van der Waals surface area contributed by atoms with E-state index in [0.717, 1.165) is 33.5 Å². The van der Waals surface area contributed by atoms with Crippen LogP contribution in [0.25, 0.3) is 11.1 Å². The SMILES string of the molecule is Cc1ccc(NC(=O)c2cccc(CSc3nc4c(C)cccc4o3)c2)cc1. The number of carbonyl (C=O) groups is 1. The Balaban J connectivity index is 1.44. The number of benzene rings is 3. The number of anilines is 1. The second-order valence-electron chi connectivity index (χ2n) is 6.71. The summed E-state index contributed by atoms with van der Waals surface area (Å²) in [5.41, 5.74) is 6.42.